The van der Waals surface area contributed by atoms with Gasteiger partial charge in [-0.3, -0.25) is 4.98 Å². The smallest absolute Gasteiger partial charge is 0.252 e. The van der Waals surface area contributed by atoms with E-state index in [1.807, 2.05) is 6.92 Å². The van der Waals surface area contributed by atoms with Crippen LogP contribution in [-0.2, 0) is 10.0 Å². The van der Waals surface area contributed by atoms with Gasteiger partial charge >= 0.3 is 0 Å². The van der Waals surface area contributed by atoms with E-state index in [4.69, 9.17) is 11.6 Å². The first-order chi connectivity index (χ1) is 15.9. The zero-order chi connectivity index (χ0) is 25.1. The van der Waals surface area contributed by atoms with Crippen molar-refractivity contribution in [1.82, 2.24) is 19.1 Å². The summed E-state index contributed by atoms with van der Waals surface area (Å²) < 4.78 is 28.4. The maximum atomic E-state index is 12.6. The first-order valence-corrected chi connectivity index (χ1v) is 14.0. The Balaban J connectivity index is 1.71. The van der Waals surface area contributed by atoms with Gasteiger partial charge in [-0.15, -0.1) is 0 Å². The van der Waals surface area contributed by atoms with Crippen molar-refractivity contribution >= 4 is 71.5 Å². The first-order valence-electron chi connectivity index (χ1n) is 9.91. The molecule has 2 aromatic heterocycles. The number of anilines is 3. The Morgan fingerprint density at radius 3 is 2.50 bits per heavy atom. The molecule has 1 unspecified atom stereocenters. The molecule has 2 atom stereocenters. The Kier molecular flexibility index (Phi) is 8.32. The molecular weight excluding hydrogens is 564 g/mol. The van der Waals surface area contributed by atoms with Gasteiger partial charge in [-0.05, 0) is 67.0 Å². The molecule has 0 fully saturated rings. The van der Waals surface area contributed by atoms with Crippen molar-refractivity contribution in [2.75, 3.05) is 10.6 Å². The highest BCUT2D eigenvalue weighted by molar-refractivity contribution is 9.10. The molecule has 0 aliphatic rings. The van der Waals surface area contributed by atoms with Crippen molar-refractivity contribution in [3.05, 3.63) is 58.4 Å². The van der Waals surface area contributed by atoms with E-state index in [2.05, 4.69) is 51.5 Å². The fourth-order valence-electron chi connectivity index (χ4n) is 2.53. The van der Waals surface area contributed by atoms with Gasteiger partial charge in [-0.2, -0.15) is 9.11 Å². The van der Waals surface area contributed by atoms with Crippen molar-refractivity contribution in [2.45, 2.75) is 42.2 Å². The van der Waals surface area contributed by atoms with E-state index >= 15 is 0 Å². The molecule has 13 heteroatoms. The Hall–Kier alpha value is -2.09. The van der Waals surface area contributed by atoms with Crippen molar-refractivity contribution in [2.24, 2.45) is 0 Å². The minimum atomic E-state index is -3.89. The number of nitrogens with zero attached hydrogens (tertiary/aromatic N) is 3. The van der Waals surface area contributed by atoms with Gasteiger partial charge in [0.15, 0.2) is 0 Å². The van der Waals surface area contributed by atoms with E-state index < -0.39 is 26.3 Å². The zero-order valence-electron chi connectivity index (χ0n) is 18.6. The largest absolute Gasteiger partial charge is 0.388 e. The number of aliphatic hydroxyl groups is 1. The maximum absolute atomic E-state index is 12.6. The minimum absolute atomic E-state index is 0.0827. The Labute approximate surface area is 214 Å². The lowest BCUT2D eigenvalue weighted by atomic mass is 10.0. The van der Waals surface area contributed by atoms with Crippen LogP contribution in [0.2, 0.25) is 5.02 Å². The summed E-state index contributed by atoms with van der Waals surface area (Å²) in [6.45, 7) is 5.28. The van der Waals surface area contributed by atoms with Crippen LogP contribution in [-0.4, -0.2) is 46.0 Å². The number of aromatic nitrogens is 3. The van der Waals surface area contributed by atoms with Crippen molar-refractivity contribution in [3.63, 3.8) is 0 Å². The predicted molar refractivity (Wildman–Crippen MR) is 141 cm³/mol. The minimum Gasteiger partial charge on any atom is -0.388 e. The van der Waals surface area contributed by atoms with Crippen LogP contribution in [0.3, 0.4) is 0 Å². The summed E-state index contributed by atoms with van der Waals surface area (Å²) in [5.74, 6) is 4.81. The van der Waals surface area contributed by atoms with E-state index in [-0.39, 0.29) is 16.0 Å². The number of benzene rings is 1. The molecule has 9 nitrogen and oxygen atoms in total. The number of hydrogen-bond acceptors (Lipinski definition) is 8. The van der Waals surface area contributed by atoms with E-state index in [0.717, 1.165) is 0 Å². The second kappa shape index (κ2) is 10.7. The number of halogens is 2. The summed E-state index contributed by atoms with van der Waals surface area (Å²) in [7, 11) is -4.95. The van der Waals surface area contributed by atoms with Crippen LogP contribution in [0.1, 0.15) is 20.8 Å². The van der Waals surface area contributed by atoms with Crippen LogP contribution in [0, 0.1) is 0 Å². The van der Waals surface area contributed by atoms with Crippen LogP contribution >= 0.6 is 38.2 Å². The van der Waals surface area contributed by atoms with Crippen molar-refractivity contribution < 1.29 is 13.5 Å². The van der Waals surface area contributed by atoms with Crippen molar-refractivity contribution in [3.8, 4) is 0 Å². The van der Waals surface area contributed by atoms with Gasteiger partial charge in [0, 0.05) is 29.2 Å². The molecule has 0 bridgehead atoms. The van der Waals surface area contributed by atoms with Gasteiger partial charge in [-0.25, -0.2) is 13.4 Å². The third-order valence-electron chi connectivity index (χ3n) is 4.79. The second-order valence-corrected chi connectivity index (χ2v) is 12.5. The molecule has 1 aromatic carbocycles. The SMILES string of the molecule is C=S(NS(=O)(=O)c1cnccc1Cl)c1ccc(Nc2ncc(Br)c(N[C@H](C)C(C)(C)O)n2)cc1. The molecule has 182 valence electrons. The van der Waals surface area contributed by atoms with Crippen molar-refractivity contribution in [1.29, 1.82) is 0 Å². The fraction of sp³-hybridized carbons (Fsp3) is 0.238. The topological polar surface area (TPSA) is 129 Å². The lowest BCUT2D eigenvalue weighted by Crippen LogP contribution is -2.39. The zero-order valence-corrected chi connectivity index (χ0v) is 22.6. The molecule has 0 aliphatic carbocycles. The molecule has 4 N–H and O–H groups in total. The number of nitrogens with one attached hydrogen (secondary N) is 3. The molecule has 0 spiro atoms. The molecule has 34 heavy (non-hydrogen) atoms. The molecular formula is C21H24BrClN6O3S2. The van der Waals surface area contributed by atoms with Gasteiger partial charge in [0.05, 0.1) is 21.1 Å². The standard InChI is InChI=1S/C21H24BrClN6O3S2/c1-13(21(2,3)30)26-19-16(22)11-25-20(28-19)27-14-5-7-15(8-6-14)33(4)29-34(31,32)18-12-24-10-9-17(18)23/h5-13,29-30H,4H2,1-3H3,(H2,25,26,27,28)/t13-,33?/m1/s1. The maximum Gasteiger partial charge on any atom is 0.252 e. The molecule has 2 heterocycles. The number of pyridine rings is 1. The van der Waals surface area contributed by atoms with Crippen LogP contribution < -0.4 is 14.8 Å². The molecule has 0 radical (unpaired) electrons. The Morgan fingerprint density at radius 1 is 1.21 bits per heavy atom. The monoisotopic (exact) mass is 586 g/mol. The number of hydrogen-bond donors (Lipinski definition) is 4. The first kappa shape index (κ1) is 26.5. The van der Waals surface area contributed by atoms with E-state index in [1.165, 1.54) is 18.5 Å². The highest BCUT2D eigenvalue weighted by atomic mass is 79.9. The summed E-state index contributed by atoms with van der Waals surface area (Å²) in [6, 6.07) is 8.19. The van der Waals surface area contributed by atoms with Gasteiger partial charge < -0.3 is 15.7 Å². The van der Waals surface area contributed by atoms with Crippen LogP contribution in [0.4, 0.5) is 17.5 Å². The lowest BCUT2D eigenvalue weighted by Gasteiger charge is -2.27. The van der Waals surface area contributed by atoms with Crippen LogP contribution in [0.15, 0.2) is 63.2 Å². The third-order valence-corrected chi connectivity index (χ3v) is 9.24. The lowest BCUT2D eigenvalue weighted by molar-refractivity contribution is 0.0647. The third kappa shape index (κ3) is 6.74. The van der Waals surface area contributed by atoms with E-state index in [1.54, 1.807) is 44.3 Å². The molecule has 3 aromatic rings. The summed E-state index contributed by atoms with van der Waals surface area (Å²) >= 11 is 9.40. The highest BCUT2D eigenvalue weighted by Crippen LogP contribution is 2.29. The van der Waals surface area contributed by atoms with Gasteiger partial charge in [0.2, 0.25) is 5.95 Å². The van der Waals surface area contributed by atoms with E-state index in [0.29, 0.717) is 26.8 Å². The number of sulfonamides is 1. The summed E-state index contributed by atoms with van der Waals surface area (Å²) in [4.78, 5) is 13.1. The summed E-state index contributed by atoms with van der Waals surface area (Å²) in [5.41, 5.74) is -0.244. The van der Waals surface area contributed by atoms with Gasteiger partial charge in [0.1, 0.15) is 10.7 Å². The fourth-order valence-corrected chi connectivity index (χ4v) is 6.04. The van der Waals surface area contributed by atoms with Crippen LogP contribution in [0.25, 0.3) is 0 Å². The average molecular weight is 588 g/mol. The quantitative estimate of drug-likeness (QED) is 0.268. The molecule has 0 saturated heterocycles. The Bertz CT molecular complexity index is 1300. The van der Waals surface area contributed by atoms with Gasteiger partial charge in [-0.1, -0.05) is 28.1 Å². The summed E-state index contributed by atoms with van der Waals surface area (Å²) in [6.07, 6.45) is 4.21. The molecule has 0 amide bonds. The molecule has 0 aliphatic heterocycles. The molecule has 3 rings (SSSR count). The van der Waals surface area contributed by atoms with Crippen LogP contribution in [0.5, 0.6) is 0 Å². The Morgan fingerprint density at radius 2 is 1.88 bits per heavy atom. The second-order valence-electron chi connectivity index (χ2n) is 7.84. The molecule has 0 saturated carbocycles. The average Bonchev–Trinajstić information content (AvgIpc) is 2.75. The normalized spacial score (nSPS) is 13.8. The predicted octanol–water partition coefficient (Wildman–Crippen LogP) is 4.56. The van der Waals surface area contributed by atoms with Gasteiger partial charge in [0.25, 0.3) is 10.0 Å². The summed E-state index contributed by atoms with van der Waals surface area (Å²) in [5, 5.41) is 16.5. The number of rotatable bonds is 9. The van der Waals surface area contributed by atoms with E-state index in [9.17, 15) is 13.5 Å². The highest BCUT2D eigenvalue weighted by Gasteiger charge is 2.23.